The van der Waals surface area contributed by atoms with Gasteiger partial charge in [-0.05, 0) is 24.5 Å². The van der Waals surface area contributed by atoms with Gasteiger partial charge in [-0.3, -0.25) is 4.79 Å². The quantitative estimate of drug-likeness (QED) is 0.802. The van der Waals surface area contributed by atoms with Gasteiger partial charge in [0.05, 0.1) is 19.8 Å². The van der Waals surface area contributed by atoms with Gasteiger partial charge in [-0.2, -0.15) is 0 Å². The van der Waals surface area contributed by atoms with Gasteiger partial charge in [0.1, 0.15) is 0 Å². The highest BCUT2D eigenvalue weighted by Gasteiger charge is 2.35. The molecule has 1 fully saturated rings. The number of rotatable bonds is 4. The van der Waals surface area contributed by atoms with Gasteiger partial charge >= 0.3 is 0 Å². The monoisotopic (exact) mass is 297 g/mol. The minimum Gasteiger partial charge on any atom is -0.493 e. The normalized spacial score (nSPS) is 21.9. The molecule has 0 saturated carbocycles. The first-order valence-corrected chi connectivity index (χ1v) is 7.25. The van der Waals surface area contributed by atoms with Crippen molar-refractivity contribution in [3.8, 4) is 11.5 Å². The molecule has 0 aliphatic carbocycles. The molecule has 1 amide bonds. The maximum absolute atomic E-state index is 12.7. The molecule has 2 atom stereocenters. The molecule has 2 unspecified atom stereocenters. The second-order valence-electron chi connectivity index (χ2n) is 5.03. The molecule has 20 heavy (non-hydrogen) atoms. The van der Waals surface area contributed by atoms with Crippen molar-refractivity contribution in [2.24, 2.45) is 5.92 Å². The van der Waals surface area contributed by atoms with Crippen molar-refractivity contribution in [2.75, 3.05) is 26.6 Å². The van der Waals surface area contributed by atoms with E-state index < -0.39 is 0 Å². The molecule has 1 aromatic carbocycles. The fourth-order valence-corrected chi connectivity index (χ4v) is 3.18. The summed E-state index contributed by atoms with van der Waals surface area (Å²) in [6.45, 7) is 2.86. The Bertz CT molecular complexity index is 492. The number of halogens is 1. The number of hydrogen-bond acceptors (Lipinski definition) is 3. The van der Waals surface area contributed by atoms with Crippen molar-refractivity contribution in [1.29, 1.82) is 0 Å². The minimum absolute atomic E-state index is 0.0456. The molecule has 0 bridgehead atoms. The number of amides is 1. The van der Waals surface area contributed by atoms with Crippen LogP contribution in [0.15, 0.2) is 18.2 Å². The summed E-state index contributed by atoms with van der Waals surface area (Å²) >= 11 is 6.01. The van der Waals surface area contributed by atoms with E-state index in [0.29, 0.717) is 28.9 Å². The van der Waals surface area contributed by atoms with Crippen molar-refractivity contribution in [1.82, 2.24) is 4.90 Å². The van der Waals surface area contributed by atoms with E-state index in [0.717, 1.165) is 13.0 Å². The van der Waals surface area contributed by atoms with Crippen molar-refractivity contribution in [3.63, 3.8) is 0 Å². The Hall–Kier alpha value is -1.42. The summed E-state index contributed by atoms with van der Waals surface area (Å²) in [5, 5.41) is 0. The highest BCUT2D eigenvalue weighted by atomic mass is 35.5. The lowest BCUT2D eigenvalue weighted by Crippen LogP contribution is -2.38. The number of methoxy groups -OCH3 is 2. The van der Waals surface area contributed by atoms with Crippen LogP contribution in [-0.2, 0) is 0 Å². The Kier molecular flexibility index (Phi) is 4.76. The second kappa shape index (κ2) is 6.35. The first-order chi connectivity index (χ1) is 9.63. The summed E-state index contributed by atoms with van der Waals surface area (Å²) in [5.74, 6) is 1.88. The van der Waals surface area contributed by atoms with Gasteiger partial charge in [-0.15, -0.1) is 11.6 Å². The van der Waals surface area contributed by atoms with Gasteiger partial charge in [0.15, 0.2) is 11.5 Å². The highest BCUT2D eigenvalue weighted by Crippen LogP contribution is 2.34. The SMILES string of the molecule is COc1cccc(C(=O)N2CCC(C)C2CCl)c1OC. The first kappa shape index (κ1) is 15.0. The standard InChI is InChI=1S/C15H20ClNO3/c1-10-7-8-17(12(10)9-16)15(18)11-5-4-6-13(19-2)14(11)20-3/h4-6,10,12H,7-9H2,1-3H3. The molecule has 0 aromatic heterocycles. The van der Waals surface area contributed by atoms with Gasteiger partial charge in [-0.1, -0.05) is 13.0 Å². The van der Waals surface area contributed by atoms with Crippen molar-refractivity contribution in [2.45, 2.75) is 19.4 Å². The number of likely N-dealkylation sites (tertiary alicyclic amines) is 1. The van der Waals surface area contributed by atoms with Gasteiger partial charge in [0.25, 0.3) is 5.91 Å². The van der Waals surface area contributed by atoms with Crippen LogP contribution in [0.3, 0.4) is 0 Å². The zero-order valence-corrected chi connectivity index (χ0v) is 12.8. The number of para-hydroxylation sites is 1. The molecule has 2 rings (SSSR count). The third kappa shape index (κ3) is 2.57. The topological polar surface area (TPSA) is 38.8 Å². The number of alkyl halides is 1. The maximum Gasteiger partial charge on any atom is 0.258 e. The lowest BCUT2D eigenvalue weighted by atomic mass is 10.0. The zero-order valence-electron chi connectivity index (χ0n) is 12.1. The van der Waals surface area contributed by atoms with Gasteiger partial charge in [0, 0.05) is 18.5 Å². The van der Waals surface area contributed by atoms with E-state index in [1.54, 1.807) is 32.4 Å². The van der Waals surface area contributed by atoms with Crippen LogP contribution < -0.4 is 9.47 Å². The molecule has 4 nitrogen and oxygen atoms in total. The van der Waals surface area contributed by atoms with Gasteiger partial charge in [0.2, 0.25) is 0 Å². The lowest BCUT2D eigenvalue weighted by Gasteiger charge is -2.26. The third-order valence-electron chi connectivity index (χ3n) is 3.93. The molecule has 1 aromatic rings. The molecule has 5 heteroatoms. The van der Waals surface area contributed by atoms with Crippen LogP contribution in [0.4, 0.5) is 0 Å². The average Bonchev–Trinajstić information content (AvgIpc) is 2.86. The number of benzene rings is 1. The largest absolute Gasteiger partial charge is 0.493 e. The van der Waals surface area contributed by atoms with E-state index in [2.05, 4.69) is 6.92 Å². The lowest BCUT2D eigenvalue weighted by molar-refractivity contribution is 0.0733. The summed E-state index contributed by atoms with van der Waals surface area (Å²) < 4.78 is 10.6. The molecule has 110 valence electrons. The first-order valence-electron chi connectivity index (χ1n) is 6.72. The predicted octanol–water partition coefficient (Wildman–Crippen LogP) is 2.79. The van der Waals surface area contributed by atoms with E-state index in [-0.39, 0.29) is 11.9 Å². The van der Waals surface area contributed by atoms with Crippen LogP contribution >= 0.6 is 11.6 Å². The second-order valence-corrected chi connectivity index (χ2v) is 5.34. The van der Waals surface area contributed by atoms with Crippen molar-refractivity contribution < 1.29 is 14.3 Å². The summed E-state index contributed by atoms with van der Waals surface area (Å²) in [6.07, 6.45) is 0.982. The van der Waals surface area contributed by atoms with E-state index in [1.807, 2.05) is 4.90 Å². The van der Waals surface area contributed by atoms with E-state index in [4.69, 9.17) is 21.1 Å². The highest BCUT2D eigenvalue weighted by molar-refractivity contribution is 6.18. The summed E-state index contributed by atoms with van der Waals surface area (Å²) in [5.41, 5.74) is 0.524. The number of carbonyl (C=O) groups is 1. The summed E-state index contributed by atoms with van der Waals surface area (Å²) in [6, 6.07) is 5.42. The Labute approximate surface area is 124 Å². The number of hydrogen-bond donors (Lipinski definition) is 0. The van der Waals surface area contributed by atoms with Crippen LogP contribution in [0.25, 0.3) is 0 Å². The molecule has 0 spiro atoms. The fourth-order valence-electron chi connectivity index (χ4n) is 2.71. The molecule has 0 N–H and O–H groups in total. The molecule has 1 heterocycles. The smallest absolute Gasteiger partial charge is 0.258 e. The number of carbonyl (C=O) groups excluding carboxylic acids is 1. The number of nitrogens with zero attached hydrogens (tertiary/aromatic N) is 1. The van der Waals surface area contributed by atoms with E-state index in [1.165, 1.54) is 0 Å². The molecule has 0 radical (unpaired) electrons. The van der Waals surface area contributed by atoms with Crippen LogP contribution in [0, 0.1) is 5.92 Å². The molecular weight excluding hydrogens is 278 g/mol. The molecule has 1 aliphatic heterocycles. The molecule has 1 aliphatic rings. The van der Waals surface area contributed by atoms with Crippen LogP contribution in [0.1, 0.15) is 23.7 Å². The third-order valence-corrected chi connectivity index (χ3v) is 4.25. The number of ether oxygens (including phenoxy) is 2. The van der Waals surface area contributed by atoms with Crippen LogP contribution in [-0.4, -0.2) is 43.5 Å². The summed E-state index contributed by atoms with van der Waals surface area (Å²) in [7, 11) is 3.10. The average molecular weight is 298 g/mol. The molecule has 1 saturated heterocycles. The van der Waals surface area contributed by atoms with Crippen LogP contribution in [0.5, 0.6) is 11.5 Å². The molecular formula is C15H20ClNO3. The fraction of sp³-hybridized carbons (Fsp3) is 0.533. The van der Waals surface area contributed by atoms with E-state index in [9.17, 15) is 4.79 Å². The maximum atomic E-state index is 12.7. The zero-order chi connectivity index (χ0) is 14.7. The Morgan fingerprint density at radius 3 is 2.75 bits per heavy atom. The van der Waals surface area contributed by atoms with Gasteiger partial charge in [-0.25, -0.2) is 0 Å². The summed E-state index contributed by atoms with van der Waals surface area (Å²) in [4.78, 5) is 14.6. The minimum atomic E-state index is -0.0456. The van der Waals surface area contributed by atoms with Crippen molar-refractivity contribution in [3.05, 3.63) is 23.8 Å². The van der Waals surface area contributed by atoms with Crippen LogP contribution in [0.2, 0.25) is 0 Å². The van der Waals surface area contributed by atoms with Crippen molar-refractivity contribution >= 4 is 17.5 Å². The predicted molar refractivity (Wildman–Crippen MR) is 78.9 cm³/mol. The Morgan fingerprint density at radius 2 is 2.15 bits per heavy atom. The van der Waals surface area contributed by atoms with Gasteiger partial charge < -0.3 is 14.4 Å². The van der Waals surface area contributed by atoms with E-state index >= 15 is 0 Å². The Morgan fingerprint density at radius 1 is 1.40 bits per heavy atom. The Balaban J connectivity index is 2.34.